The lowest BCUT2D eigenvalue weighted by Gasteiger charge is -2.09. The van der Waals surface area contributed by atoms with Gasteiger partial charge in [-0.15, -0.1) is 0 Å². The largest absolute Gasteiger partial charge is 0.481 e. The van der Waals surface area contributed by atoms with Crippen LogP contribution < -0.4 is 15.8 Å². The summed E-state index contributed by atoms with van der Waals surface area (Å²) in [6.07, 6.45) is 0. The zero-order valence-electron chi connectivity index (χ0n) is 10.1. The smallest absolute Gasteiger partial charge is 0.230 e. The number of halogens is 1. The van der Waals surface area contributed by atoms with Crippen LogP contribution in [0.15, 0.2) is 24.3 Å². The number of nitrogens with zero attached hydrogens (tertiary/aromatic N) is 2. The summed E-state index contributed by atoms with van der Waals surface area (Å²) < 4.78 is 5.08. The van der Waals surface area contributed by atoms with E-state index in [1.807, 2.05) is 6.92 Å². The predicted molar refractivity (Wildman–Crippen MR) is 72.5 cm³/mol. The van der Waals surface area contributed by atoms with Crippen molar-refractivity contribution in [3.8, 4) is 5.88 Å². The van der Waals surface area contributed by atoms with Gasteiger partial charge in [-0.3, -0.25) is 0 Å². The Morgan fingerprint density at radius 1 is 1.28 bits per heavy atom. The van der Waals surface area contributed by atoms with Gasteiger partial charge in [0.1, 0.15) is 0 Å². The fraction of sp³-hybridized carbons (Fsp3) is 0.167. The van der Waals surface area contributed by atoms with Crippen LogP contribution >= 0.6 is 11.6 Å². The fourth-order valence-corrected chi connectivity index (χ4v) is 1.62. The third kappa shape index (κ3) is 2.81. The van der Waals surface area contributed by atoms with E-state index in [9.17, 15) is 0 Å². The quantitative estimate of drug-likeness (QED) is 0.834. The molecule has 0 aliphatic heterocycles. The van der Waals surface area contributed by atoms with Gasteiger partial charge in [-0.05, 0) is 25.1 Å². The number of anilines is 3. The number of hydrogen-bond donors (Lipinski definition) is 2. The zero-order valence-corrected chi connectivity index (χ0v) is 10.8. The molecule has 0 unspecified atom stereocenters. The summed E-state index contributed by atoms with van der Waals surface area (Å²) in [5, 5.41) is 3.56. The molecule has 2 aromatic rings. The lowest BCUT2D eigenvalue weighted by atomic mass is 10.3. The number of ether oxygens (including phenoxy) is 1. The van der Waals surface area contributed by atoms with Gasteiger partial charge in [0.15, 0.2) is 0 Å². The second kappa shape index (κ2) is 5.10. The van der Waals surface area contributed by atoms with Gasteiger partial charge in [-0.25, -0.2) is 4.98 Å². The summed E-state index contributed by atoms with van der Waals surface area (Å²) in [7, 11) is 1.55. The molecule has 0 fully saturated rings. The first-order valence-electron chi connectivity index (χ1n) is 5.30. The van der Waals surface area contributed by atoms with Crippen LogP contribution in [0, 0.1) is 6.92 Å². The number of methoxy groups -OCH3 is 1. The van der Waals surface area contributed by atoms with E-state index in [1.165, 1.54) is 0 Å². The molecule has 0 aliphatic rings. The fourth-order valence-electron chi connectivity index (χ4n) is 1.46. The molecule has 0 atom stereocenters. The van der Waals surface area contributed by atoms with Gasteiger partial charge in [-0.2, -0.15) is 4.98 Å². The average molecular weight is 265 g/mol. The zero-order chi connectivity index (χ0) is 13.1. The van der Waals surface area contributed by atoms with Gasteiger partial charge in [0.2, 0.25) is 11.8 Å². The summed E-state index contributed by atoms with van der Waals surface area (Å²) in [5.41, 5.74) is 7.77. The average Bonchev–Trinajstić information content (AvgIpc) is 2.33. The topological polar surface area (TPSA) is 73.1 Å². The van der Waals surface area contributed by atoms with Crippen LogP contribution in [0.3, 0.4) is 0 Å². The van der Waals surface area contributed by atoms with Gasteiger partial charge < -0.3 is 15.8 Å². The second-order valence-electron chi connectivity index (χ2n) is 3.74. The number of nitrogen functional groups attached to an aromatic ring is 1. The number of nitrogens with two attached hydrogens (primary N) is 1. The van der Waals surface area contributed by atoms with Crippen LogP contribution in [0.2, 0.25) is 5.02 Å². The van der Waals surface area contributed by atoms with Crippen LogP contribution in [-0.2, 0) is 0 Å². The first-order valence-corrected chi connectivity index (χ1v) is 5.68. The van der Waals surface area contributed by atoms with E-state index < -0.39 is 0 Å². The minimum atomic E-state index is 0.416. The maximum absolute atomic E-state index is 6.05. The molecular formula is C12H13ClN4O. The van der Waals surface area contributed by atoms with Crippen LogP contribution in [0.5, 0.6) is 5.88 Å². The van der Waals surface area contributed by atoms with Gasteiger partial charge in [-0.1, -0.05) is 11.6 Å². The highest BCUT2D eigenvalue weighted by Crippen LogP contribution is 2.26. The third-order valence-corrected chi connectivity index (χ3v) is 2.61. The highest BCUT2D eigenvalue weighted by Gasteiger charge is 2.06. The standard InChI is InChI=1S/C12H13ClN4O/c1-7-5-11(18-2)17-12(15-7)16-10-6-8(14)3-4-9(10)13/h3-6H,14H2,1-2H3,(H,15,16,17). The Balaban J connectivity index is 2.33. The summed E-state index contributed by atoms with van der Waals surface area (Å²) in [6.45, 7) is 1.86. The first kappa shape index (κ1) is 12.4. The number of nitrogens with one attached hydrogen (secondary N) is 1. The Hall–Kier alpha value is -2.01. The van der Waals surface area contributed by atoms with Gasteiger partial charge in [0.25, 0.3) is 0 Å². The lowest BCUT2D eigenvalue weighted by molar-refractivity contribution is 0.397. The summed E-state index contributed by atoms with van der Waals surface area (Å²) >= 11 is 6.05. The third-order valence-electron chi connectivity index (χ3n) is 2.28. The molecule has 18 heavy (non-hydrogen) atoms. The number of aromatic nitrogens is 2. The minimum Gasteiger partial charge on any atom is -0.481 e. The lowest BCUT2D eigenvalue weighted by Crippen LogP contribution is -2.01. The second-order valence-corrected chi connectivity index (χ2v) is 4.15. The molecule has 6 heteroatoms. The summed E-state index contributed by atoms with van der Waals surface area (Å²) in [5.74, 6) is 0.907. The molecule has 0 saturated carbocycles. The molecule has 0 bridgehead atoms. The van der Waals surface area contributed by atoms with Crippen molar-refractivity contribution in [2.75, 3.05) is 18.2 Å². The molecule has 0 radical (unpaired) electrons. The van der Waals surface area contributed by atoms with Crippen molar-refractivity contribution in [2.24, 2.45) is 0 Å². The van der Waals surface area contributed by atoms with Crippen molar-refractivity contribution >= 4 is 28.9 Å². The van der Waals surface area contributed by atoms with Crippen molar-refractivity contribution in [1.82, 2.24) is 9.97 Å². The predicted octanol–water partition coefficient (Wildman–Crippen LogP) is 2.77. The van der Waals surface area contributed by atoms with Crippen molar-refractivity contribution < 1.29 is 4.74 Å². The molecule has 1 aromatic heterocycles. The Morgan fingerprint density at radius 3 is 2.78 bits per heavy atom. The van der Waals surface area contributed by atoms with E-state index in [-0.39, 0.29) is 0 Å². The van der Waals surface area contributed by atoms with E-state index in [4.69, 9.17) is 22.1 Å². The van der Waals surface area contributed by atoms with E-state index in [0.29, 0.717) is 28.2 Å². The van der Waals surface area contributed by atoms with E-state index >= 15 is 0 Å². The van der Waals surface area contributed by atoms with Crippen LogP contribution in [0.4, 0.5) is 17.3 Å². The van der Waals surface area contributed by atoms with Crippen molar-refractivity contribution in [3.63, 3.8) is 0 Å². The molecule has 0 spiro atoms. The molecule has 1 heterocycles. The van der Waals surface area contributed by atoms with Crippen LogP contribution in [0.1, 0.15) is 5.69 Å². The molecule has 1 aromatic carbocycles. The number of hydrogen-bond acceptors (Lipinski definition) is 5. The van der Waals surface area contributed by atoms with Crippen molar-refractivity contribution in [1.29, 1.82) is 0 Å². The molecule has 2 rings (SSSR count). The van der Waals surface area contributed by atoms with E-state index in [1.54, 1.807) is 31.4 Å². The highest BCUT2D eigenvalue weighted by molar-refractivity contribution is 6.33. The highest BCUT2D eigenvalue weighted by atomic mass is 35.5. The van der Waals surface area contributed by atoms with Crippen molar-refractivity contribution in [2.45, 2.75) is 6.92 Å². The van der Waals surface area contributed by atoms with Crippen molar-refractivity contribution in [3.05, 3.63) is 35.0 Å². The monoisotopic (exact) mass is 264 g/mol. The van der Waals surface area contributed by atoms with Gasteiger partial charge >= 0.3 is 0 Å². The molecular weight excluding hydrogens is 252 g/mol. The Morgan fingerprint density at radius 2 is 2.06 bits per heavy atom. The maximum Gasteiger partial charge on any atom is 0.230 e. The molecule has 0 aliphatic carbocycles. The number of rotatable bonds is 3. The molecule has 3 N–H and O–H groups in total. The van der Waals surface area contributed by atoms with Gasteiger partial charge in [0.05, 0.1) is 17.8 Å². The molecule has 0 saturated heterocycles. The van der Waals surface area contributed by atoms with Crippen LogP contribution in [-0.4, -0.2) is 17.1 Å². The first-order chi connectivity index (χ1) is 8.58. The summed E-state index contributed by atoms with van der Waals surface area (Å²) in [4.78, 5) is 8.42. The number of aryl methyl sites for hydroxylation is 1. The SMILES string of the molecule is COc1cc(C)nc(Nc2cc(N)ccc2Cl)n1. The molecule has 5 nitrogen and oxygen atoms in total. The maximum atomic E-state index is 6.05. The van der Waals surface area contributed by atoms with Gasteiger partial charge in [0, 0.05) is 17.4 Å². The molecule has 94 valence electrons. The Bertz CT molecular complexity index is 574. The van der Waals surface area contributed by atoms with E-state index in [2.05, 4.69) is 15.3 Å². The minimum absolute atomic E-state index is 0.416. The Kier molecular flexibility index (Phi) is 3.53. The van der Waals surface area contributed by atoms with Crippen LogP contribution in [0.25, 0.3) is 0 Å². The molecule has 0 amide bonds. The number of benzene rings is 1. The normalized spacial score (nSPS) is 10.2. The Labute approximate surface area is 110 Å². The summed E-state index contributed by atoms with van der Waals surface area (Å²) in [6, 6.07) is 6.91. The van der Waals surface area contributed by atoms with E-state index in [0.717, 1.165) is 5.69 Å².